The minimum atomic E-state index is -0.125. The van der Waals surface area contributed by atoms with Gasteiger partial charge in [0.15, 0.2) is 11.5 Å². The van der Waals surface area contributed by atoms with Crippen molar-refractivity contribution in [2.45, 2.75) is 10.9 Å². The fraction of sp³-hybridized carbons (Fsp3) is 0.190. The van der Waals surface area contributed by atoms with E-state index in [1.807, 2.05) is 60.0 Å². The molecule has 3 aromatic rings. The Morgan fingerprint density at radius 1 is 1.04 bits per heavy atom. The Bertz CT molecular complexity index is 897. The van der Waals surface area contributed by atoms with E-state index in [4.69, 9.17) is 9.47 Å². The molecule has 27 heavy (non-hydrogen) atoms. The average Bonchev–Trinajstić information content (AvgIpc) is 3.25. The molecule has 0 bridgehead atoms. The first-order valence-electron chi connectivity index (χ1n) is 8.70. The Morgan fingerprint density at radius 3 is 2.63 bits per heavy atom. The molecule has 1 aliphatic heterocycles. The van der Waals surface area contributed by atoms with E-state index in [2.05, 4.69) is 11.4 Å². The molecule has 1 aromatic heterocycles. The van der Waals surface area contributed by atoms with Crippen LogP contribution in [0.2, 0.25) is 0 Å². The van der Waals surface area contributed by atoms with Crippen LogP contribution < -0.4 is 14.8 Å². The van der Waals surface area contributed by atoms with E-state index in [-0.39, 0.29) is 11.9 Å². The van der Waals surface area contributed by atoms with Crippen molar-refractivity contribution in [1.82, 2.24) is 5.32 Å². The molecule has 0 radical (unpaired) electrons. The molecule has 1 atom stereocenters. The Morgan fingerprint density at radius 2 is 1.85 bits per heavy atom. The van der Waals surface area contributed by atoms with Crippen LogP contribution in [-0.2, 0) is 4.79 Å². The number of benzene rings is 2. The fourth-order valence-corrected chi connectivity index (χ4v) is 4.42. The molecule has 0 saturated carbocycles. The molecule has 1 unspecified atom stereocenters. The number of hydrogen-bond acceptors (Lipinski definition) is 5. The van der Waals surface area contributed by atoms with Crippen LogP contribution in [0.1, 0.15) is 16.5 Å². The summed E-state index contributed by atoms with van der Waals surface area (Å²) >= 11 is 3.14. The lowest BCUT2D eigenvalue weighted by Crippen LogP contribution is -2.30. The van der Waals surface area contributed by atoms with Gasteiger partial charge >= 0.3 is 0 Å². The van der Waals surface area contributed by atoms with Gasteiger partial charge in [-0.15, -0.1) is 23.1 Å². The van der Waals surface area contributed by atoms with Gasteiger partial charge in [0, 0.05) is 9.77 Å². The lowest BCUT2D eigenvalue weighted by atomic mass is 10.1. The Hall–Kier alpha value is -2.44. The van der Waals surface area contributed by atoms with Gasteiger partial charge in [0.1, 0.15) is 13.2 Å². The topological polar surface area (TPSA) is 47.6 Å². The molecule has 0 spiro atoms. The molecule has 1 N–H and O–H groups in total. The van der Waals surface area contributed by atoms with E-state index in [0.717, 1.165) is 26.8 Å². The minimum Gasteiger partial charge on any atom is -0.486 e. The van der Waals surface area contributed by atoms with Gasteiger partial charge in [-0.1, -0.05) is 36.4 Å². The molecular weight excluding hydrogens is 378 g/mol. The summed E-state index contributed by atoms with van der Waals surface area (Å²) in [5.41, 5.74) is 1.08. The average molecular weight is 398 g/mol. The summed E-state index contributed by atoms with van der Waals surface area (Å²) in [6, 6.07) is 19.8. The normalized spacial score (nSPS) is 13.8. The van der Waals surface area contributed by atoms with Crippen LogP contribution in [0.25, 0.3) is 0 Å². The lowest BCUT2D eigenvalue weighted by Gasteiger charge is -2.19. The van der Waals surface area contributed by atoms with Crippen molar-refractivity contribution < 1.29 is 14.3 Å². The zero-order valence-corrected chi connectivity index (χ0v) is 16.2. The van der Waals surface area contributed by atoms with E-state index < -0.39 is 0 Å². The van der Waals surface area contributed by atoms with Crippen LogP contribution in [0.4, 0.5) is 0 Å². The number of rotatable bonds is 6. The number of nitrogens with one attached hydrogen (secondary N) is 1. The quantitative estimate of drug-likeness (QED) is 0.622. The predicted molar refractivity (Wildman–Crippen MR) is 109 cm³/mol. The molecule has 4 rings (SSSR count). The third kappa shape index (κ3) is 4.46. The number of carbonyl (C=O) groups is 1. The molecule has 2 aromatic carbocycles. The van der Waals surface area contributed by atoms with Gasteiger partial charge in [-0.05, 0) is 35.2 Å². The summed E-state index contributed by atoms with van der Waals surface area (Å²) in [5.74, 6) is 1.84. The smallest absolute Gasteiger partial charge is 0.231 e. The minimum absolute atomic E-state index is 0.00265. The van der Waals surface area contributed by atoms with Crippen LogP contribution in [0.15, 0.2) is 70.9 Å². The number of hydrogen-bond donors (Lipinski definition) is 1. The molecule has 1 aliphatic rings. The summed E-state index contributed by atoms with van der Waals surface area (Å²) in [5, 5.41) is 5.19. The van der Waals surface area contributed by atoms with Gasteiger partial charge in [0.25, 0.3) is 0 Å². The second-order valence-electron chi connectivity index (χ2n) is 6.02. The third-order valence-corrected chi connectivity index (χ3v) is 6.08. The monoisotopic (exact) mass is 397 g/mol. The maximum Gasteiger partial charge on any atom is 0.231 e. The van der Waals surface area contributed by atoms with Gasteiger partial charge in [0.2, 0.25) is 5.91 Å². The van der Waals surface area contributed by atoms with Crippen molar-refractivity contribution in [2.24, 2.45) is 0 Å². The molecule has 4 nitrogen and oxygen atoms in total. The second kappa shape index (κ2) is 8.50. The predicted octanol–water partition coefficient (Wildman–Crippen LogP) is 4.52. The van der Waals surface area contributed by atoms with Gasteiger partial charge in [-0.3, -0.25) is 4.79 Å². The number of thiophene rings is 1. The van der Waals surface area contributed by atoms with Crippen LogP contribution in [-0.4, -0.2) is 24.9 Å². The van der Waals surface area contributed by atoms with Gasteiger partial charge in [-0.2, -0.15) is 0 Å². The zero-order valence-electron chi connectivity index (χ0n) is 14.6. The van der Waals surface area contributed by atoms with Crippen molar-refractivity contribution in [3.05, 3.63) is 76.5 Å². The first kappa shape index (κ1) is 17.9. The first-order chi connectivity index (χ1) is 13.3. The van der Waals surface area contributed by atoms with Crippen molar-refractivity contribution in [2.75, 3.05) is 19.0 Å². The number of thioether (sulfide) groups is 1. The van der Waals surface area contributed by atoms with E-state index in [1.54, 1.807) is 11.3 Å². The van der Waals surface area contributed by atoms with Crippen LogP contribution in [0.3, 0.4) is 0 Å². The molecular formula is C21H19NO3S2. The highest BCUT2D eigenvalue weighted by Crippen LogP contribution is 2.34. The highest BCUT2D eigenvalue weighted by molar-refractivity contribution is 8.00. The summed E-state index contributed by atoms with van der Waals surface area (Å²) in [6.45, 7) is 1.13. The Kier molecular flexibility index (Phi) is 5.65. The number of ether oxygens (including phenoxy) is 2. The number of amides is 1. The largest absolute Gasteiger partial charge is 0.486 e. The van der Waals surface area contributed by atoms with E-state index >= 15 is 0 Å². The van der Waals surface area contributed by atoms with Crippen molar-refractivity contribution >= 4 is 29.0 Å². The molecule has 6 heteroatoms. The molecule has 0 fully saturated rings. The van der Waals surface area contributed by atoms with Gasteiger partial charge < -0.3 is 14.8 Å². The summed E-state index contributed by atoms with van der Waals surface area (Å²) in [4.78, 5) is 14.7. The summed E-state index contributed by atoms with van der Waals surface area (Å²) in [7, 11) is 0. The molecule has 2 heterocycles. The van der Waals surface area contributed by atoms with Crippen molar-refractivity contribution in [3.8, 4) is 11.5 Å². The zero-order chi connectivity index (χ0) is 18.5. The number of carbonyl (C=O) groups excluding carboxylic acids is 1. The first-order valence-corrected chi connectivity index (χ1v) is 10.6. The summed E-state index contributed by atoms with van der Waals surface area (Å²) < 4.78 is 11.1. The van der Waals surface area contributed by atoms with Gasteiger partial charge in [0.05, 0.1) is 11.8 Å². The maximum absolute atomic E-state index is 12.6. The Labute approximate surface area is 166 Å². The summed E-state index contributed by atoms with van der Waals surface area (Å²) in [6.07, 6.45) is 0. The lowest BCUT2D eigenvalue weighted by molar-refractivity contribution is -0.119. The third-order valence-electron chi connectivity index (χ3n) is 4.15. The number of fused-ring (bicyclic) bond motifs is 1. The highest BCUT2D eigenvalue weighted by Gasteiger charge is 2.18. The van der Waals surface area contributed by atoms with Crippen LogP contribution >= 0.6 is 23.1 Å². The van der Waals surface area contributed by atoms with E-state index in [1.165, 1.54) is 11.8 Å². The van der Waals surface area contributed by atoms with Crippen LogP contribution in [0, 0.1) is 0 Å². The fourth-order valence-electron chi connectivity index (χ4n) is 2.88. The molecule has 1 amide bonds. The standard InChI is InChI=1S/C21H19NO3S2/c23-20(14-27-16-8-9-17-18(13-16)25-11-10-24-17)22-21(19-7-4-12-26-19)15-5-2-1-3-6-15/h1-9,12-13,21H,10-11,14H2,(H,22,23). The van der Waals surface area contributed by atoms with Crippen molar-refractivity contribution in [1.29, 1.82) is 0 Å². The highest BCUT2D eigenvalue weighted by atomic mass is 32.2. The SMILES string of the molecule is O=C(CSc1ccc2c(c1)OCCO2)NC(c1ccccc1)c1cccs1. The van der Waals surface area contributed by atoms with Crippen LogP contribution in [0.5, 0.6) is 11.5 Å². The Balaban J connectivity index is 1.41. The molecule has 0 saturated heterocycles. The van der Waals surface area contributed by atoms with E-state index in [9.17, 15) is 4.79 Å². The molecule has 138 valence electrons. The second-order valence-corrected chi connectivity index (χ2v) is 8.05. The van der Waals surface area contributed by atoms with Gasteiger partial charge in [-0.25, -0.2) is 0 Å². The van der Waals surface area contributed by atoms with Crippen molar-refractivity contribution in [3.63, 3.8) is 0 Å². The van der Waals surface area contributed by atoms with E-state index in [0.29, 0.717) is 19.0 Å². The maximum atomic E-state index is 12.6. The molecule has 0 aliphatic carbocycles.